The molecule has 1 aliphatic rings. The molecule has 0 aromatic rings. The molecule has 0 aromatic carbocycles. The number of alkyl halides is 1. The normalized spacial score (nSPS) is 19.1. The van der Waals surface area contributed by atoms with Crippen molar-refractivity contribution in [3.05, 3.63) is 0 Å². The number of likely N-dealkylation sites (tertiary alicyclic amines) is 1. The summed E-state index contributed by atoms with van der Waals surface area (Å²) >= 11 is 3.34. The Labute approximate surface area is 101 Å². The summed E-state index contributed by atoms with van der Waals surface area (Å²) in [5, 5.41) is 2.94. The van der Waals surface area contributed by atoms with Crippen LogP contribution in [0.2, 0.25) is 0 Å². The second kappa shape index (κ2) is 7.23. The van der Waals surface area contributed by atoms with E-state index in [9.17, 15) is 4.79 Å². The van der Waals surface area contributed by atoms with Crippen molar-refractivity contribution in [1.82, 2.24) is 10.2 Å². The van der Waals surface area contributed by atoms with Crippen LogP contribution in [0.25, 0.3) is 0 Å². The number of amides is 1. The van der Waals surface area contributed by atoms with Gasteiger partial charge in [-0.15, -0.1) is 0 Å². The maximum absolute atomic E-state index is 11.4. The number of nitrogens with one attached hydrogen (secondary N) is 1. The molecule has 0 radical (unpaired) electrons. The summed E-state index contributed by atoms with van der Waals surface area (Å²) in [5.41, 5.74) is 0. The third-order valence-corrected chi connectivity index (χ3v) is 3.86. The third-order valence-electron chi connectivity index (χ3n) is 2.79. The van der Waals surface area contributed by atoms with E-state index in [0.29, 0.717) is 0 Å². The largest absolute Gasteiger partial charge is 0.355 e. The highest BCUT2D eigenvalue weighted by Crippen LogP contribution is 2.07. The Bertz CT molecular complexity index is 193. The molecule has 1 atom stereocenters. The first-order valence-electron chi connectivity index (χ1n) is 5.88. The van der Waals surface area contributed by atoms with Crippen molar-refractivity contribution in [2.45, 2.75) is 37.4 Å². The summed E-state index contributed by atoms with van der Waals surface area (Å²) < 4.78 is 0. The Balaban J connectivity index is 1.98. The van der Waals surface area contributed by atoms with E-state index in [4.69, 9.17) is 0 Å². The molecule has 1 rings (SSSR count). The minimum absolute atomic E-state index is 0.0238. The molecule has 0 bridgehead atoms. The molecule has 1 heterocycles. The first-order valence-corrected chi connectivity index (χ1v) is 6.79. The van der Waals surface area contributed by atoms with Gasteiger partial charge in [-0.1, -0.05) is 22.9 Å². The van der Waals surface area contributed by atoms with Crippen LogP contribution in [0.5, 0.6) is 0 Å². The fourth-order valence-electron chi connectivity index (χ4n) is 1.82. The lowest BCUT2D eigenvalue weighted by atomic mass is 10.3. The van der Waals surface area contributed by atoms with Crippen molar-refractivity contribution >= 4 is 21.8 Å². The molecule has 3 nitrogen and oxygen atoms in total. The fraction of sp³-hybridized carbons (Fsp3) is 0.909. The number of rotatable bonds is 6. The van der Waals surface area contributed by atoms with E-state index in [1.54, 1.807) is 0 Å². The number of hydrogen-bond acceptors (Lipinski definition) is 2. The van der Waals surface area contributed by atoms with E-state index < -0.39 is 0 Å². The van der Waals surface area contributed by atoms with E-state index >= 15 is 0 Å². The quantitative estimate of drug-likeness (QED) is 0.592. The van der Waals surface area contributed by atoms with Gasteiger partial charge < -0.3 is 10.2 Å². The van der Waals surface area contributed by atoms with E-state index in [0.717, 1.165) is 25.9 Å². The summed E-state index contributed by atoms with van der Waals surface area (Å²) in [5.74, 6) is 0.124. The molecule has 1 amide bonds. The molecular weight excluding hydrogens is 256 g/mol. The predicted octanol–water partition coefficient (Wildman–Crippen LogP) is 1.76. The molecule has 15 heavy (non-hydrogen) atoms. The maximum atomic E-state index is 11.4. The van der Waals surface area contributed by atoms with Crippen LogP contribution in [-0.2, 0) is 4.79 Å². The van der Waals surface area contributed by atoms with Crippen LogP contribution in [0.3, 0.4) is 0 Å². The molecule has 4 heteroatoms. The molecule has 1 fully saturated rings. The summed E-state index contributed by atoms with van der Waals surface area (Å²) in [6.07, 6.45) is 4.59. The average Bonchev–Trinajstić information content (AvgIpc) is 2.75. The first-order chi connectivity index (χ1) is 7.24. The molecule has 1 aliphatic heterocycles. The van der Waals surface area contributed by atoms with Gasteiger partial charge in [-0.25, -0.2) is 0 Å². The highest BCUT2D eigenvalue weighted by Gasteiger charge is 2.12. The second-order valence-corrected chi connectivity index (χ2v) is 5.17. The molecule has 1 unspecified atom stereocenters. The van der Waals surface area contributed by atoms with Gasteiger partial charge in [0.05, 0.1) is 4.83 Å². The summed E-state index contributed by atoms with van der Waals surface area (Å²) in [4.78, 5) is 13.8. The van der Waals surface area contributed by atoms with Gasteiger partial charge in [0.2, 0.25) is 5.91 Å². The van der Waals surface area contributed by atoms with Crippen molar-refractivity contribution in [3.8, 4) is 0 Å². The number of nitrogens with zero attached hydrogens (tertiary/aromatic N) is 1. The topological polar surface area (TPSA) is 32.3 Å². The molecule has 88 valence electrons. The summed E-state index contributed by atoms with van der Waals surface area (Å²) in [6.45, 7) is 6.41. The Morgan fingerprint density at radius 3 is 2.73 bits per heavy atom. The maximum Gasteiger partial charge on any atom is 0.233 e. The van der Waals surface area contributed by atoms with E-state index in [1.165, 1.54) is 25.9 Å². The molecule has 0 spiro atoms. The number of carbonyl (C=O) groups is 1. The van der Waals surface area contributed by atoms with Gasteiger partial charge >= 0.3 is 0 Å². The summed E-state index contributed by atoms with van der Waals surface area (Å²) in [6, 6.07) is 0. The highest BCUT2D eigenvalue weighted by atomic mass is 79.9. The minimum atomic E-state index is -0.0238. The molecule has 1 N–H and O–H groups in total. The van der Waals surface area contributed by atoms with Crippen molar-refractivity contribution in [2.24, 2.45) is 0 Å². The third kappa shape index (κ3) is 4.98. The Morgan fingerprint density at radius 1 is 1.47 bits per heavy atom. The molecule has 0 aromatic heterocycles. The van der Waals surface area contributed by atoms with Crippen LogP contribution in [0, 0.1) is 0 Å². The zero-order valence-corrected chi connectivity index (χ0v) is 11.1. The highest BCUT2D eigenvalue weighted by molar-refractivity contribution is 9.10. The van der Waals surface area contributed by atoms with Gasteiger partial charge in [-0.3, -0.25) is 4.79 Å². The van der Waals surface area contributed by atoms with Gasteiger partial charge in [0, 0.05) is 6.54 Å². The van der Waals surface area contributed by atoms with Crippen molar-refractivity contribution in [2.75, 3.05) is 26.2 Å². The fourth-order valence-corrected chi connectivity index (χ4v) is 1.98. The van der Waals surface area contributed by atoms with E-state index in [-0.39, 0.29) is 10.7 Å². The standard InChI is InChI=1S/C11H21BrN2O/c1-2-10(12)11(15)13-6-5-9-14-7-3-4-8-14/h10H,2-9H2,1H3,(H,13,15). The average molecular weight is 277 g/mol. The van der Waals surface area contributed by atoms with Crippen LogP contribution in [0.4, 0.5) is 0 Å². The lowest BCUT2D eigenvalue weighted by Crippen LogP contribution is -2.33. The van der Waals surface area contributed by atoms with Gasteiger partial charge in [-0.05, 0) is 45.3 Å². The minimum Gasteiger partial charge on any atom is -0.355 e. The lowest BCUT2D eigenvalue weighted by molar-refractivity contribution is -0.120. The molecule has 0 saturated carbocycles. The van der Waals surface area contributed by atoms with Crippen molar-refractivity contribution in [3.63, 3.8) is 0 Å². The smallest absolute Gasteiger partial charge is 0.233 e. The van der Waals surface area contributed by atoms with Gasteiger partial charge in [-0.2, -0.15) is 0 Å². The molecular formula is C11H21BrN2O. The first kappa shape index (κ1) is 13.0. The van der Waals surface area contributed by atoms with Crippen LogP contribution in [-0.4, -0.2) is 41.8 Å². The van der Waals surface area contributed by atoms with Gasteiger partial charge in [0.25, 0.3) is 0 Å². The SMILES string of the molecule is CCC(Br)C(=O)NCCCN1CCCC1. The van der Waals surface area contributed by atoms with Crippen LogP contribution < -0.4 is 5.32 Å². The monoisotopic (exact) mass is 276 g/mol. The second-order valence-electron chi connectivity index (χ2n) is 4.07. The molecule has 0 aliphatic carbocycles. The van der Waals surface area contributed by atoms with E-state index in [2.05, 4.69) is 26.1 Å². The number of carbonyl (C=O) groups excluding carboxylic acids is 1. The summed E-state index contributed by atoms with van der Waals surface area (Å²) in [7, 11) is 0. The number of hydrogen-bond donors (Lipinski definition) is 1. The Morgan fingerprint density at radius 2 is 2.13 bits per heavy atom. The zero-order chi connectivity index (χ0) is 11.1. The van der Waals surface area contributed by atoms with E-state index in [1.807, 2.05) is 6.92 Å². The number of halogens is 1. The van der Waals surface area contributed by atoms with Gasteiger partial charge in [0.1, 0.15) is 0 Å². The predicted molar refractivity (Wildman–Crippen MR) is 66.3 cm³/mol. The molecule has 1 saturated heterocycles. The lowest BCUT2D eigenvalue weighted by Gasteiger charge is -2.14. The zero-order valence-electron chi connectivity index (χ0n) is 9.47. The van der Waals surface area contributed by atoms with Crippen molar-refractivity contribution in [1.29, 1.82) is 0 Å². The Kier molecular flexibility index (Phi) is 6.25. The van der Waals surface area contributed by atoms with Crippen LogP contribution in [0.15, 0.2) is 0 Å². The van der Waals surface area contributed by atoms with Crippen LogP contribution >= 0.6 is 15.9 Å². The van der Waals surface area contributed by atoms with Gasteiger partial charge in [0.15, 0.2) is 0 Å². The Hall–Kier alpha value is -0.0900. The van der Waals surface area contributed by atoms with Crippen molar-refractivity contribution < 1.29 is 4.79 Å². The van der Waals surface area contributed by atoms with Crippen LogP contribution in [0.1, 0.15) is 32.6 Å².